The molecule has 0 bridgehead atoms. The van der Waals surface area contributed by atoms with Gasteiger partial charge in [-0.25, -0.2) is 8.78 Å². The van der Waals surface area contributed by atoms with Crippen molar-refractivity contribution in [3.63, 3.8) is 0 Å². The Kier molecular flexibility index (Phi) is 3.40. The summed E-state index contributed by atoms with van der Waals surface area (Å²) in [4.78, 5) is 0. The van der Waals surface area contributed by atoms with Gasteiger partial charge in [0.15, 0.2) is 11.6 Å². The van der Waals surface area contributed by atoms with Gasteiger partial charge in [-0.15, -0.1) is 0 Å². The fourth-order valence-corrected chi connectivity index (χ4v) is 1.57. The highest BCUT2D eigenvalue weighted by Crippen LogP contribution is 2.29. The summed E-state index contributed by atoms with van der Waals surface area (Å²) in [5, 5.41) is 8.33. The third-order valence-electron chi connectivity index (χ3n) is 1.45. The van der Waals surface area contributed by atoms with Crippen LogP contribution in [0.2, 0.25) is 0 Å². The lowest BCUT2D eigenvalue weighted by atomic mass is 10.1. The Morgan fingerprint density at radius 2 is 1.92 bits per heavy atom. The molecule has 0 heterocycles. The van der Waals surface area contributed by atoms with Crippen LogP contribution in [-0.4, -0.2) is 0 Å². The molecule has 1 aromatic carbocycles. The first kappa shape index (κ1) is 10.6. The van der Waals surface area contributed by atoms with Crippen molar-refractivity contribution in [1.29, 1.82) is 5.26 Å². The summed E-state index contributed by atoms with van der Waals surface area (Å²) in [5.41, 5.74) is 0.0510. The van der Waals surface area contributed by atoms with Gasteiger partial charge in [0.2, 0.25) is 0 Å². The van der Waals surface area contributed by atoms with Crippen molar-refractivity contribution in [3.05, 3.63) is 32.2 Å². The zero-order valence-corrected chi connectivity index (χ0v) is 9.42. The van der Waals surface area contributed by atoms with E-state index in [0.29, 0.717) is 4.47 Å². The number of nitriles is 1. The maximum absolute atomic E-state index is 13.1. The standard InChI is InChI=1S/C8H3Br2F2N/c9-5-3-4(1-2-13)7(11)8(12)6(5)10/h3H,1H2. The molecular weight excluding hydrogens is 308 g/mol. The molecular formula is C8H3Br2F2N. The van der Waals surface area contributed by atoms with Gasteiger partial charge in [0.1, 0.15) is 0 Å². The molecule has 0 aliphatic carbocycles. The maximum Gasteiger partial charge on any atom is 0.174 e. The van der Waals surface area contributed by atoms with Crippen LogP contribution in [0, 0.1) is 23.0 Å². The van der Waals surface area contributed by atoms with Gasteiger partial charge in [-0.3, -0.25) is 0 Å². The highest BCUT2D eigenvalue weighted by Gasteiger charge is 2.14. The van der Waals surface area contributed by atoms with E-state index in [2.05, 4.69) is 31.9 Å². The minimum absolute atomic E-state index is 0.0340. The van der Waals surface area contributed by atoms with Crippen molar-refractivity contribution in [2.24, 2.45) is 0 Å². The zero-order valence-electron chi connectivity index (χ0n) is 6.24. The Balaban J connectivity index is 3.34. The predicted octanol–water partition coefficient (Wildman–Crippen LogP) is 3.56. The molecule has 0 saturated heterocycles. The van der Waals surface area contributed by atoms with Crippen LogP contribution in [0.15, 0.2) is 15.0 Å². The predicted molar refractivity (Wildman–Crippen MR) is 51.1 cm³/mol. The Labute approximate surface area is 90.6 Å². The largest absolute Gasteiger partial charge is 0.203 e. The lowest BCUT2D eigenvalue weighted by Gasteiger charge is -2.03. The first-order chi connectivity index (χ1) is 6.07. The molecule has 1 rings (SSSR count). The fraction of sp³-hybridized carbons (Fsp3) is 0.125. The third kappa shape index (κ3) is 2.06. The highest BCUT2D eigenvalue weighted by molar-refractivity contribution is 9.13. The topological polar surface area (TPSA) is 23.8 Å². The molecule has 1 aromatic rings. The summed E-state index contributed by atoms with van der Waals surface area (Å²) in [6.07, 6.45) is -0.144. The van der Waals surface area contributed by atoms with Crippen LogP contribution in [0.5, 0.6) is 0 Å². The molecule has 68 valence electrons. The summed E-state index contributed by atoms with van der Waals surface area (Å²) in [5.74, 6) is -1.95. The van der Waals surface area contributed by atoms with Crippen LogP contribution in [0.25, 0.3) is 0 Å². The highest BCUT2D eigenvalue weighted by atomic mass is 79.9. The van der Waals surface area contributed by atoms with Crippen molar-refractivity contribution in [2.75, 3.05) is 0 Å². The van der Waals surface area contributed by atoms with E-state index in [4.69, 9.17) is 5.26 Å². The summed E-state index contributed by atoms with van der Waals surface area (Å²) < 4.78 is 26.5. The zero-order chi connectivity index (χ0) is 10.0. The number of nitrogens with zero attached hydrogens (tertiary/aromatic N) is 1. The Bertz CT molecular complexity index is 385. The second kappa shape index (κ2) is 4.16. The Morgan fingerprint density at radius 3 is 2.46 bits per heavy atom. The van der Waals surface area contributed by atoms with E-state index in [-0.39, 0.29) is 16.5 Å². The van der Waals surface area contributed by atoms with Gasteiger partial charge < -0.3 is 0 Å². The average Bonchev–Trinajstić information content (AvgIpc) is 2.11. The lowest BCUT2D eigenvalue weighted by Crippen LogP contribution is -1.95. The molecule has 0 radical (unpaired) electrons. The van der Waals surface area contributed by atoms with Crippen molar-refractivity contribution in [3.8, 4) is 6.07 Å². The molecule has 13 heavy (non-hydrogen) atoms. The summed E-state index contributed by atoms with van der Waals surface area (Å²) in [7, 11) is 0. The van der Waals surface area contributed by atoms with Gasteiger partial charge in [-0.1, -0.05) is 0 Å². The van der Waals surface area contributed by atoms with E-state index in [1.807, 2.05) is 0 Å². The SMILES string of the molecule is N#CCc1cc(Br)c(Br)c(F)c1F. The van der Waals surface area contributed by atoms with Crippen LogP contribution < -0.4 is 0 Å². The summed E-state index contributed by atoms with van der Waals surface area (Å²) >= 11 is 5.91. The molecule has 0 unspecified atom stereocenters. The van der Waals surface area contributed by atoms with E-state index in [1.54, 1.807) is 6.07 Å². The third-order valence-corrected chi connectivity index (χ3v) is 3.38. The van der Waals surface area contributed by atoms with Crippen LogP contribution in [-0.2, 0) is 6.42 Å². The van der Waals surface area contributed by atoms with Gasteiger partial charge in [-0.05, 0) is 37.9 Å². The monoisotopic (exact) mass is 309 g/mol. The minimum atomic E-state index is -0.975. The smallest absolute Gasteiger partial charge is 0.174 e. The van der Waals surface area contributed by atoms with E-state index < -0.39 is 11.6 Å². The van der Waals surface area contributed by atoms with Crippen molar-refractivity contribution < 1.29 is 8.78 Å². The summed E-state index contributed by atoms with van der Waals surface area (Å²) in [6, 6.07) is 3.14. The number of halogens is 4. The molecule has 0 atom stereocenters. The van der Waals surface area contributed by atoms with Crippen LogP contribution in [0.4, 0.5) is 8.78 Å². The average molecular weight is 311 g/mol. The van der Waals surface area contributed by atoms with Crippen molar-refractivity contribution in [1.82, 2.24) is 0 Å². The van der Waals surface area contributed by atoms with E-state index in [1.165, 1.54) is 6.07 Å². The lowest BCUT2D eigenvalue weighted by molar-refractivity contribution is 0.496. The second-order valence-corrected chi connectivity index (χ2v) is 3.94. The molecule has 0 fully saturated rings. The minimum Gasteiger partial charge on any atom is -0.203 e. The number of benzene rings is 1. The van der Waals surface area contributed by atoms with E-state index in [9.17, 15) is 8.78 Å². The first-order valence-electron chi connectivity index (χ1n) is 3.26. The van der Waals surface area contributed by atoms with Gasteiger partial charge in [0, 0.05) is 10.0 Å². The summed E-state index contributed by atoms with van der Waals surface area (Å²) in [6.45, 7) is 0. The molecule has 5 heteroatoms. The van der Waals surface area contributed by atoms with Crippen LogP contribution in [0.1, 0.15) is 5.56 Å². The van der Waals surface area contributed by atoms with E-state index in [0.717, 1.165) is 0 Å². The van der Waals surface area contributed by atoms with Gasteiger partial charge in [0.25, 0.3) is 0 Å². The normalized spacial score (nSPS) is 9.77. The van der Waals surface area contributed by atoms with Crippen molar-refractivity contribution >= 4 is 31.9 Å². The second-order valence-electron chi connectivity index (χ2n) is 2.29. The fourth-order valence-electron chi connectivity index (χ4n) is 0.836. The number of hydrogen-bond acceptors (Lipinski definition) is 1. The molecule has 0 aliphatic heterocycles. The van der Waals surface area contributed by atoms with Gasteiger partial charge in [0.05, 0.1) is 17.0 Å². The molecule has 0 spiro atoms. The van der Waals surface area contributed by atoms with Gasteiger partial charge in [-0.2, -0.15) is 5.26 Å². The molecule has 0 amide bonds. The Hall–Kier alpha value is -0.470. The molecule has 0 saturated carbocycles. The molecule has 0 aromatic heterocycles. The molecule has 0 aliphatic rings. The molecule has 0 N–H and O–H groups in total. The molecule has 1 nitrogen and oxygen atoms in total. The number of hydrogen-bond donors (Lipinski definition) is 0. The Morgan fingerprint density at radius 1 is 1.31 bits per heavy atom. The first-order valence-corrected chi connectivity index (χ1v) is 4.85. The van der Waals surface area contributed by atoms with Gasteiger partial charge >= 0.3 is 0 Å². The van der Waals surface area contributed by atoms with Crippen molar-refractivity contribution in [2.45, 2.75) is 6.42 Å². The maximum atomic E-state index is 13.1. The van der Waals surface area contributed by atoms with Crippen LogP contribution >= 0.6 is 31.9 Å². The quantitative estimate of drug-likeness (QED) is 0.575. The van der Waals surface area contributed by atoms with E-state index >= 15 is 0 Å². The van der Waals surface area contributed by atoms with Crippen LogP contribution in [0.3, 0.4) is 0 Å². The number of rotatable bonds is 1.